The van der Waals surface area contributed by atoms with E-state index < -0.39 is 0 Å². The Morgan fingerprint density at radius 3 is 1.85 bits per heavy atom. The Labute approximate surface area is 125 Å². The van der Waals surface area contributed by atoms with Crippen LogP contribution in [0.5, 0.6) is 0 Å². The minimum atomic E-state index is 0.209. The van der Waals surface area contributed by atoms with Gasteiger partial charge in [-0.2, -0.15) is 0 Å². The molecule has 0 saturated heterocycles. The molecule has 0 atom stereocenters. The van der Waals surface area contributed by atoms with E-state index >= 15 is 0 Å². The molecule has 1 heteroatoms. The molecule has 0 amide bonds. The SMILES string of the molecule is C1=CC2=C([As]=C1)C1c3ccccc3C2c2ccccc21. The van der Waals surface area contributed by atoms with Gasteiger partial charge in [-0.05, 0) is 0 Å². The van der Waals surface area contributed by atoms with Gasteiger partial charge in [-0.15, -0.1) is 0 Å². The molecule has 0 spiro atoms. The van der Waals surface area contributed by atoms with E-state index in [1.165, 1.54) is 11.1 Å². The van der Waals surface area contributed by atoms with Gasteiger partial charge in [-0.25, -0.2) is 0 Å². The summed E-state index contributed by atoms with van der Waals surface area (Å²) < 4.78 is 1.71. The Bertz CT molecular complexity index is 708. The van der Waals surface area contributed by atoms with E-state index in [1.54, 1.807) is 21.1 Å². The molecule has 0 saturated carbocycles. The van der Waals surface area contributed by atoms with E-state index in [2.05, 4.69) is 65.5 Å². The van der Waals surface area contributed by atoms with Crippen molar-refractivity contribution >= 4 is 20.1 Å². The van der Waals surface area contributed by atoms with Gasteiger partial charge in [0.05, 0.1) is 0 Å². The van der Waals surface area contributed by atoms with E-state index in [0.717, 1.165) is 0 Å². The van der Waals surface area contributed by atoms with Crippen LogP contribution in [0.4, 0.5) is 0 Å². The van der Waals surface area contributed by atoms with Gasteiger partial charge in [-0.3, -0.25) is 0 Å². The third-order valence-corrected chi connectivity index (χ3v) is 7.03. The van der Waals surface area contributed by atoms with Crippen molar-refractivity contribution in [3.05, 3.63) is 92.9 Å². The normalized spacial score (nSPS) is 25.2. The number of hydrogen-bond donors (Lipinski definition) is 0. The summed E-state index contributed by atoms with van der Waals surface area (Å²) >= 11 is 0.209. The van der Waals surface area contributed by atoms with E-state index in [9.17, 15) is 0 Å². The molecule has 1 heterocycles. The number of benzene rings is 2. The first kappa shape index (κ1) is 11.1. The summed E-state index contributed by atoms with van der Waals surface area (Å²) in [6, 6.07) is 18.1. The third kappa shape index (κ3) is 1.26. The molecule has 1 aliphatic heterocycles. The van der Waals surface area contributed by atoms with Crippen LogP contribution in [0.1, 0.15) is 34.1 Å². The van der Waals surface area contributed by atoms with Gasteiger partial charge in [0.25, 0.3) is 0 Å². The summed E-state index contributed by atoms with van der Waals surface area (Å²) in [5, 5.41) is 0. The van der Waals surface area contributed by atoms with Crippen molar-refractivity contribution in [1.29, 1.82) is 0 Å². The Morgan fingerprint density at radius 2 is 1.25 bits per heavy atom. The molecule has 0 aromatic heterocycles. The first-order valence-corrected chi connectivity index (χ1v) is 9.10. The molecule has 0 radical (unpaired) electrons. The molecule has 94 valence electrons. The Morgan fingerprint density at radius 1 is 0.700 bits per heavy atom. The van der Waals surface area contributed by atoms with Crippen molar-refractivity contribution in [2.24, 2.45) is 0 Å². The molecule has 2 aromatic carbocycles. The maximum atomic E-state index is 2.39. The van der Waals surface area contributed by atoms with Crippen molar-refractivity contribution in [1.82, 2.24) is 0 Å². The van der Waals surface area contributed by atoms with Crippen molar-refractivity contribution in [2.45, 2.75) is 11.8 Å². The zero-order valence-corrected chi connectivity index (χ0v) is 12.8. The third-order valence-electron chi connectivity index (χ3n) is 4.69. The minimum absolute atomic E-state index is 0.209. The Balaban J connectivity index is 1.91. The molecule has 4 aliphatic rings. The van der Waals surface area contributed by atoms with Crippen LogP contribution in [-0.4, -0.2) is 20.1 Å². The van der Waals surface area contributed by atoms with E-state index in [4.69, 9.17) is 0 Å². The molecule has 0 N–H and O–H groups in total. The summed E-state index contributed by atoms with van der Waals surface area (Å²) in [6.07, 6.45) is 4.63. The monoisotopic (exact) mass is 316 g/mol. The van der Waals surface area contributed by atoms with E-state index in [1.807, 2.05) is 0 Å². The Kier molecular flexibility index (Phi) is 2.17. The predicted octanol–water partition coefficient (Wildman–Crippen LogP) is 3.61. The molecule has 2 bridgehead atoms. The molecule has 2 aromatic rings. The van der Waals surface area contributed by atoms with Gasteiger partial charge >= 0.3 is 125 Å². The summed E-state index contributed by atoms with van der Waals surface area (Å²) in [5.74, 6) is 0.992. The van der Waals surface area contributed by atoms with Crippen LogP contribution in [0, 0.1) is 0 Å². The number of rotatable bonds is 0. The van der Waals surface area contributed by atoms with Gasteiger partial charge in [0, 0.05) is 0 Å². The van der Waals surface area contributed by atoms with Gasteiger partial charge in [0.2, 0.25) is 0 Å². The quantitative estimate of drug-likeness (QED) is 0.652. The molecule has 20 heavy (non-hydrogen) atoms. The molecular weight excluding hydrogens is 303 g/mol. The molecule has 0 unspecified atom stereocenters. The van der Waals surface area contributed by atoms with Crippen molar-refractivity contribution in [3.8, 4) is 0 Å². The maximum absolute atomic E-state index is 2.39. The number of allylic oxidation sites excluding steroid dienone is 4. The zero-order valence-electron chi connectivity index (χ0n) is 11.0. The first-order valence-electron chi connectivity index (χ1n) is 7.07. The van der Waals surface area contributed by atoms with Gasteiger partial charge in [-0.1, -0.05) is 0 Å². The molecule has 3 aliphatic carbocycles. The fourth-order valence-corrected chi connectivity index (χ4v) is 6.29. The van der Waals surface area contributed by atoms with Gasteiger partial charge in [0.15, 0.2) is 0 Å². The van der Waals surface area contributed by atoms with Crippen LogP contribution in [0.25, 0.3) is 0 Å². The first-order chi connectivity index (χ1) is 9.95. The molecule has 0 nitrogen and oxygen atoms in total. The average molecular weight is 316 g/mol. The second-order valence-electron chi connectivity index (χ2n) is 5.60. The van der Waals surface area contributed by atoms with Gasteiger partial charge in [0.1, 0.15) is 0 Å². The van der Waals surface area contributed by atoms with Crippen LogP contribution in [0.2, 0.25) is 0 Å². The number of hydrogen-bond acceptors (Lipinski definition) is 0. The summed E-state index contributed by atoms with van der Waals surface area (Å²) in [4.78, 5) is 2.39. The van der Waals surface area contributed by atoms with Crippen LogP contribution >= 0.6 is 0 Å². The summed E-state index contributed by atoms with van der Waals surface area (Å²) in [7, 11) is 0. The molecular formula is C19H13As. The van der Waals surface area contributed by atoms with Crippen LogP contribution in [0.15, 0.2) is 70.6 Å². The standard InChI is InChI=1S/C19H13As/c1-3-8-14-12(6-1)17-13-7-2-4-9-15(13)18(14)19-16(17)10-5-11-20-19/h1-11,17-18H. The molecule has 0 fully saturated rings. The predicted molar refractivity (Wildman–Crippen MR) is 84.6 cm³/mol. The topological polar surface area (TPSA) is 0 Å². The fourth-order valence-electron chi connectivity index (χ4n) is 3.95. The van der Waals surface area contributed by atoms with Gasteiger partial charge < -0.3 is 0 Å². The second kappa shape index (κ2) is 3.93. The van der Waals surface area contributed by atoms with Crippen LogP contribution in [0.3, 0.4) is 0 Å². The van der Waals surface area contributed by atoms with Crippen molar-refractivity contribution in [3.63, 3.8) is 0 Å². The van der Waals surface area contributed by atoms with E-state index in [-0.39, 0.29) is 15.3 Å². The van der Waals surface area contributed by atoms with E-state index in [0.29, 0.717) is 11.8 Å². The second-order valence-corrected chi connectivity index (χ2v) is 7.78. The fraction of sp³-hybridized carbons (Fsp3) is 0.105. The zero-order chi connectivity index (χ0) is 13.1. The summed E-state index contributed by atoms with van der Waals surface area (Å²) in [6.45, 7) is 0. The van der Waals surface area contributed by atoms with Crippen LogP contribution in [-0.2, 0) is 0 Å². The van der Waals surface area contributed by atoms with Crippen molar-refractivity contribution < 1.29 is 0 Å². The average Bonchev–Trinajstić information content (AvgIpc) is 2.54. The summed E-state index contributed by atoms with van der Waals surface area (Å²) in [5.41, 5.74) is 7.75. The van der Waals surface area contributed by atoms with Crippen LogP contribution < -0.4 is 0 Å². The molecule has 6 rings (SSSR count). The van der Waals surface area contributed by atoms with Crippen molar-refractivity contribution in [2.75, 3.05) is 0 Å². The Hall–Kier alpha value is -1.65.